The van der Waals surface area contributed by atoms with Gasteiger partial charge >= 0.3 is 5.97 Å². The van der Waals surface area contributed by atoms with E-state index >= 15 is 0 Å². The Morgan fingerprint density at radius 3 is 2.48 bits per heavy atom. The summed E-state index contributed by atoms with van der Waals surface area (Å²) in [5.41, 5.74) is -1.46. The highest BCUT2D eigenvalue weighted by Crippen LogP contribution is 2.41. The van der Waals surface area contributed by atoms with Crippen LogP contribution in [0.5, 0.6) is 0 Å². The van der Waals surface area contributed by atoms with Crippen molar-refractivity contribution in [3.8, 4) is 0 Å². The lowest BCUT2D eigenvalue weighted by Gasteiger charge is -2.43. The second-order valence-electron chi connectivity index (χ2n) is 4.99. The predicted octanol–water partition coefficient (Wildman–Crippen LogP) is 1.01. The number of benzene rings is 1. The molecule has 1 heterocycles. The third kappa shape index (κ3) is 2.21. The highest BCUT2D eigenvalue weighted by molar-refractivity contribution is 7.91. The molecule has 2 rings (SSSR count). The van der Waals surface area contributed by atoms with Crippen molar-refractivity contribution < 1.29 is 23.1 Å². The Morgan fingerprint density at radius 2 is 1.95 bits per heavy atom. The maximum atomic E-state index is 12.2. The smallest absolute Gasteiger partial charge is 0.334 e. The van der Waals surface area contributed by atoms with Crippen LogP contribution in [0.15, 0.2) is 29.2 Å². The van der Waals surface area contributed by atoms with Crippen LogP contribution < -0.4 is 0 Å². The van der Waals surface area contributed by atoms with Crippen molar-refractivity contribution in [2.45, 2.75) is 30.7 Å². The van der Waals surface area contributed by atoms with Crippen molar-refractivity contribution in [1.29, 1.82) is 0 Å². The van der Waals surface area contributed by atoms with E-state index in [1.54, 1.807) is 19.1 Å². The molecular weight excluding hydrogens is 294 g/mol. The number of carbonyl (C=O) groups is 2. The molecule has 7 heteroatoms. The number of aliphatic carboxylic acids is 1. The van der Waals surface area contributed by atoms with Crippen molar-refractivity contribution in [3.05, 3.63) is 29.8 Å². The average molecular weight is 311 g/mol. The van der Waals surface area contributed by atoms with E-state index in [0.717, 1.165) is 0 Å². The van der Waals surface area contributed by atoms with Crippen LogP contribution in [0.1, 0.15) is 25.8 Å². The average Bonchev–Trinajstić information content (AvgIpc) is 2.42. The first-order chi connectivity index (χ1) is 9.77. The third-order valence-corrected chi connectivity index (χ3v) is 5.68. The number of carbonyl (C=O) groups excluding carboxylic acids is 1. The summed E-state index contributed by atoms with van der Waals surface area (Å²) < 4.78 is 24.3. The van der Waals surface area contributed by atoms with Crippen molar-refractivity contribution in [1.82, 2.24) is 4.90 Å². The van der Waals surface area contributed by atoms with Crippen LogP contribution in [0, 0.1) is 0 Å². The Kier molecular flexibility index (Phi) is 3.79. The normalized spacial score (nSPS) is 23.1. The molecule has 0 saturated carbocycles. The summed E-state index contributed by atoms with van der Waals surface area (Å²) in [4.78, 5) is 25.1. The van der Waals surface area contributed by atoms with Crippen LogP contribution in [0.2, 0.25) is 0 Å². The van der Waals surface area contributed by atoms with Gasteiger partial charge in [0.05, 0.1) is 10.6 Å². The molecule has 0 bridgehead atoms. The molecule has 21 heavy (non-hydrogen) atoms. The highest BCUT2D eigenvalue weighted by atomic mass is 32.2. The summed E-state index contributed by atoms with van der Waals surface area (Å²) in [7, 11) is -3.52. The van der Waals surface area contributed by atoms with Gasteiger partial charge < -0.3 is 10.0 Å². The zero-order valence-corrected chi connectivity index (χ0v) is 12.7. The Labute approximate surface area is 123 Å². The Hall–Kier alpha value is -1.89. The predicted molar refractivity (Wildman–Crippen MR) is 75.5 cm³/mol. The van der Waals surface area contributed by atoms with E-state index in [1.807, 2.05) is 0 Å². The summed E-state index contributed by atoms with van der Waals surface area (Å²) in [6.07, 6.45) is -0.144. The van der Waals surface area contributed by atoms with Gasteiger partial charge in [-0.3, -0.25) is 4.79 Å². The van der Waals surface area contributed by atoms with E-state index in [0.29, 0.717) is 0 Å². The van der Waals surface area contributed by atoms with Crippen molar-refractivity contribution in [3.63, 3.8) is 0 Å². The van der Waals surface area contributed by atoms with Gasteiger partial charge in [0, 0.05) is 25.5 Å². The third-order valence-electron chi connectivity index (χ3n) is 3.91. The fraction of sp³-hybridized carbons (Fsp3) is 0.429. The number of hydrogen-bond donors (Lipinski definition) is 1. The largest absolute Gasteiger partial charge is 0.479 e. The van der Waals surface area contributed by atoms with Gasteiger partial charge in [0.2, 0.25) is 5.91 Å². The number of nitrogens with zero attached hydrogens (tertiary/aromatic N) is 1. The molecule has 6 nitrogen and oxygen atoms in total. The van der Waals surface area contributed by atoms with Crippen LogP contribution >= 0.6 is 0 Å². The van der Waals surface area contributed by atoms with Crippen LogP contribution in [-0.4, -0.2) is 42.6 Å². The minimum atomic E-state index is -3.52. The Morgan fingerprint density at radius 1 is 1.33 bits per heavy atom. The minimum absolute atomic E-state index is 0.00153. The Balaban J connectivity index is 2.80. The van der Waals surface area contributed by atoms with Gasteiger partial charge in [-0.05, 0) is 13.0 Å². The van der Waals surface area contributed by atoms with E-state index in [1.165, 1.54) is 24.0 Å². The maximum absolute atomic E-state index is 12.2. The summed E-state index contributed by atoms with van der Waals surface area (Å²) in [6, 6.07) is 6.02. The quantitative estimate of drug-likeness (QED) is 0.899. The van der Waals surface area contributed by atoms with Crippen LogP contribution in [-0.2, 0) is 25.0 Å². The first-order valence-corrected chi connectivity index (χ1v) is 8.26. The zero-order valence-electron chi connectivity index (χ0n) is 11.9. The molecule has 1 aromatic carbocycles. The molecule has 0 fully saturated rings. The summed E-state index contributed by atoms with van der Waals surface area (Å²) in [6.45, 7) is 3.16. The van der Waals surface area contributed by atoms with Crippen LogP contribution in [0.3, 0.4) is 0 Å². The van der Waals surface area contributed by atoms with E-state index in [-0.39, 0.29) is 29.2 Å². The number of carboxylic acids is 1. The van der Waals surface area contributed by atoms with E-state index in [2.05, 4.69) is 0 Å². The number of amides is 1. The van der Waals surface area contributed by atoms with Gasteiger partial charge in [0.25, 0.3) is 0 Å². The SMILES string of the molecule is CCN(C(C)=O)C1(C(=O)O)CCS(=O)(=O)c2ccccc21. The topological polar surface area (TPSA) is 91.8 Å². The summed E-state index contributed by atoms with van der Waals surface area (Å²) in [5, 5.41) is 9.77. The molecule has 1 N–H and O–H groups in total. The molecule has 1 aliphatic rings. The lowest BCUT2D eigenvalue weighted by molar-refractivity contribution is -0.160. The minimum Gasteiger partial charge on any atom is -0.479 e. The second-order valence-corrected chi connectivity index (χ2v) is 7.07. The molecule has 0 radical (unpaired) electrons. The van der Waals surface area contributed by atoms with Gasteiger partial charge in [-0.15, -0.1) is 0 Å². The molecule has 1 atom stereocenters. The van der Waals surface area contributed by atoms with Crippen molar-refractivity contribution in [2.24, 2.45) is 0 Å². The lowest BCUT2D eigenvalue weighted by atomic mass is 9.84. The molecule has 1 aromatic rings. The summed E-state index contributed by atoms with van der Waals surface area (Å²) in [5.74, 6) is -1.89. The first kappa shape index (κ1) is 15.5. The van der Waals surface area contributed by atoms with Gasteiger partial charge in [0.1, 0.15) is 0 Å². The number of carboxylic acid groups (broad SMARTS) is 1. The highest BCUT2D eigenvalue weighted by Gasteiger charge is 2.52. The first-order valence-electron chi connectivity index (χ1n) is 6.61. The van der Waals surface area contributed by atoms with Crippen LogP contribution in [0.25, 0.3) is 0 Å². The number of sulfone groups is 1. The molecule has 1 amide bonds. The molecule has 114 valence electrons. The number of rotatable bonds is 3. The number of fused-ring (bicyclic) bond motifs is 1. The van der Waals surface area contributed by atoms with E-state index in [9.17, 15) is 23.1 Å². The van der Waals surface area contributed by atoms with Gasteiger partial charge in [-0.25, -0.2) is 13.2 Å². The lowest BCUT2D eigenvalue weighted by Crippen LogP contribution is -2.56. The maximum Gasteiger partial charge on any atom is 0.334 e. The Bertz CT molecular complexity index is 697. The monoisotopic (exact) mass is 311 g/mol. The molecule has 0 aliphatic carbocycles. The fourth-order valence-electron chi connectivity index (χ4n) is 2.99. The van der Waals surface area contributed by atoms with Crippen molar-refractivity contribution >= 4 is 21.7 Å². The number of hydrogen-bond acceptors (Lipinski definition) is 4. The molecule has 0 spiro atoms. The number of likely N-dealkylation sites (N-methyl/N-ethyl adjacent to an activating group) is 1. The molecule has 0 saturated heterocycles. The molecular formula is C14H17NO5S. The fourth-order valence-corrected chi connectivity index (χ4v) is 4.63. The zero-order chi connectivity index (χ0) is 15.8. The van der Waals surface area contributed by atoms with E-state index in [4.69, 9.17) is 0 Å². The molecule has 1 aliphatic heterocycles. The van der Waals surface area contributed by atoms with Gasteiger partial charge in [-0.1, -0.05) is 18.2 Å². The molecule has 1 unspecified atom stereocenters. The molecule has 0 aromatic heterocycles. The van der Waals surface area contributed by atoms with Gasteiger partial charge in [-0.2, -0.15) is 0 Å². The van der Waals surface area contributed by atoms with Gasteiger partial charge in [0.15, 0.2) is 15.4 Å². The van der Waals surface area contributed by atoms with Crippen molar-refractivity contribution in [2.75, 3.05) is 12.3 Å². The van der Waals surface area contributed by atoms with Crippen LogP contribution in [0.4, 0.5) is 0 Å². The second kappa shape index (κ2) is 5.14. The summed E-state index contributed by atoms with van der Waals surface area (Å²) >= 11 is 0. The standard InChI is InChI=1S/C14H17NO5S/c1-3-15(10(2)16)14(13(17)18)8-9-21(19,20)12-7-5-4-6-11(12)14/h4-7H,3,8-9H2,1-2H3,(H,17,18). The van der Waals surface area contributed by atoms with E-state index < -0.39 is 27.3 Å².